The van der Waals surface area contributed by atoms with E-state index in [1.807, 2.05) is 6.26 Å². The van der Waals surface area contributed by atoms with Crippen LogP contribution in [0.15, 0.2) is 34.2 Å². The second kappa shape index (κ2) is 7.82. The van der Waals surface area contributed by atoms with Gasteiger partial charge in [-0.25, -0.2) is 4.98 Å². The summed E-state index contributed by atoms with van der Waals surface area (Å²) in [5.74, 6) is 0.577. The number of aryl methyl sites for hydroxylation is 1. The minimum atomic E-state index is -0.181. The summed E-state index contributed by atoms with van der Waals surface area (Å²) in [5, 5.41) is 3.38. The first kappa shape index (κ1) is 17.1. The van der Waals surface area contributed by atoms with Gasteiger partial charge >= 0.3 is 0 Å². The molecule has 1 heterocycles. The van der Waals surface area contributed by atoms with E-state index in [1.54, 1.807) is 38.3 Å². The Morgan fingerprint density at radius 3 is 2.61 bits per heavy atom. The predicted octanol–water partition coefficient (Wildman–Crippen LogP) is 2.38. The molecule has 0 saturated heterocycles. The monoisotopic (exact) mass is 333 g/mol. The topological polar surface area (TPSA) is 84.1 Å². The molecule has 122 valence electrons. The van der Waals surface area contributed by atoms with Crippen LogP contribution in [0.3, 0.4) is 0 Å². The van der Waals surface area contributed by atoms with Crippen molar-refractivity contribution in [3.05, 3.63) is 45.9 Å². The fraction of sp³-hybridized carbons (Fsp3) is 0.312. The van der Waals surface area contributed by atoms with Crippen LogP contribution in [0.2, 0.25) is 0 Å². The van der Waals surface area contributed by atoms with Crippen LogP contribution in [-0.4, -0.2) is 29.2 Å². The number of rotatable bonds is 6. The molecule has 0 aliphatic rings. The fourth-order valence-corrected chi connectivity index (χ4v) is 2.54. The molecule has 0 fully saturated rings. The lowest BCUT2D eigenvalue weighted by Crippen LogP contribution is -2.20. The molecular formula is C16H19N3O3S. The molecular weight excluding hydrogens is 314 g/mol. The van der Waals surface area contributed by atoms with Crippen molar-refractivity contribution in [2.75, 3.05) is 18.7 Å². The van der Waals surface area contributed by atoms with E-state index in [-0.39, 0.29) is 17.9 Å². The highest BCUT2D eigenvalue weighted by atomic mass is 32.2. The third kappa shape index (κ3) is 4.59. The maximum Gasteiger partial charge on any atom is 0.254 e. The quantitative estimate of drug-likeness (QED) is 0.626. The number of H-pyrrole nitrogens is 1. The van der Waals surface area contributed by atoms with Crippen molar-refractivity contribution < 1.29 is 9.53 Å². The van der Waals surface area contributed by atoms with Crippen molar-refractivity contribution in [1.82, 2.24) is 9.97 Å². The maximum absolute atomic E-state index is 12.0. The van der Waals surface area contributed by atoms with Gasteiger partial charge in [-0.1, -0.05) is 11.8 Å². The van der Waals surface area contributed by atoms with E-state index in [9.17, 15) is 9.59 Å². The average molecular weight is 333 g/mol. The van der Waals surface area contributed by atoms with E-state index >= 15 is 0 Å². The number of amides is 1. The van der Waals surface area contributed by atoms with E-state index in [4.69, 9.17) is 4.74 Å². The van der Waals surface area contributed by atoms with E-state index in [2.05, 4.69) is 15.3 Å². The summed E-state index contributed by atoms with van der Waals surface area (Å²) in [6, 6.07) is 7.08. The molecule has 1 aromatic heterocycles. The standard InChI is InChI=1S/C16H19N3O3S/c1-10-13(15(21)19-16(17-10)23-3)8-9-14(20)18-11-4-6-12(22-2)7-5-11/h4-7H,8-9H2,1-3H3,(H,18,20)(H,17,19,21). The lowest BCUT2D eigenvalue weighted by Gasteiger charge is -2.08. The van der Waals surface area contributed by atoms with Crippen molar-refractivity contribution in [1.29, 1.82) is 0 Å². The number of aromatic nitrogens is 2. The average Bonchev–Trinajstić information content (AvgIpc) is 2.54. The molecule has 2 aromatic rings. The number of ether oxygens (including phenoxy) is 1. The van der Waals surface area contributed by atoms with Gasteiger partial charge in [0.15, 0.2) is 5.16 Å². The summed E-state index contributed by atoms with van der Waals surface area (Å²) in [4.78, 5) is 31.0. The molecule has 0 bridgehead atoms. The van der Waals surface area contributed by atoms with Gasteiger partial charge in [-0.05, 0) is 43.9 Å². The molecule has 1 aromatic carbocycles. The Balaban J connectivity index is 1.97. The molecule has 6 nitrogen and oxygen atoms in total. The number of carbonyl (C=O) groups excluding carboxylic acids is 1. The van der Waals surface area contributed by atoms with Crippen molar-refractivity contribution in [3.8, 4) is 5.75 Å². The van der Waals surface area contributed by atoms with Crippen molar-refractivity contribution >= 4 is 23.4 Å². The lowest BCUT2D eigenvalue weighted by atomic mass is 10.1. The molecule has 0 unspecified atom stereocenters. The van der Waals surface area contributed by atoms with Crippen LogP contribution in [0.1, 0.15) is 17.7 Å². The van der Waals surface area contributed by atoms with Crippen LogP contribution in [0.4, 0.5) is 5.69 Å². The highest BCUT2D eigenvalue weighted by Gasteiger charge is 2.10. The van der Waals surface area contributed by atoms with Gasteiger partial charge in [0.2, 0.25) is 5.91 Å². The van der Waals surface area contributed by atoms with Crippen LogP contribution >= 0.6 is 11.8 Å². The number of aromatic amines is 1. The van der Waals surface area contributed by atoms with E-state index in [1.165, 1.54) is 11.8 Å². The molecule has 0 aliphatic carbocycles. The molecule has 2 N–H and O–H groups in total. The largest absolute Gasteiger partial charge is 0.497 e. The second-order valence-electron chi connectivity index (χ2n) is 4.92. The number of methoxy groups -OCH3 is 1. The normalized spacial score (nSPS) is 10.4. The number of carbonyl (C=O) groups is 1. The van der Waals surface area contributed by atoms with E-state index < -0.39 is 0 Å². The summed E-state index contributed by atoms with van der Waals surface area (Å²) < 4.78 is 5.07. The number of hydrogen-bond donors (Lipinski definition) is 2. The Hall–Kier alpha value is -2.28. The Kier molecular flexibility index (Phi) is 5.81. The Morgan fingerprint density at radius 2 is 2.04 bits per heavy atom. The number of nitrogens with one attached hydrogen (secondary N) is 2. The van der Waals surface area contributed by atoms with Crippen molar-refractivity contribution in [2.45, 2.75) is 24.9 Å². The molecule has 0 radical (unpaired) electrons. The van der Waals surface area contributed by atoms with Gasteiger partial charge in [-0.2, -0.15) is 0 Å². The zero-order chi connectivity index (χ0) is 16.8. The zero-order valence-corrected chi connectivity index (χ0v) is 14.1. The number of thioether (sulfide) groups is 1. The molecule has 0 atom stereocenters. The minimum Gasteiger partial charge on any atom is -0.497 e. The summed E-state index contributed by atoms with van der Waals surface area (Å²) in [6.07, 6.45) is 2.42. The van der Waals surface area contributed by atoms with Gasteiger partial charge in [0, 0.05) is 23.4 Å². The summed E-state index contributed by atoms with van der Waals surface area (Å²) >= 11 is 1.38. The molecule has 7 heteroatoms. The zero-order valence-electron chi connectivity index (χ0n) is 13.3. The second-order valence-corrected chi connectivity index (χ2v) is 5.71. The molecule has 0 aliphatic heterocycles. The van der Waals surface area contributed by atoms with Crippen molar-refractivity contribution in [2.24, 2.45) is 0 Å². The number of anilines is 1. The third-order valence-electron chi connectivity index (χ3n) is 3.37. The Bertz CT molecular complexity index is 741. The van der Waals surface area contributed by atoms with Gasteiger partial charge in [0.1, 0.15) is 5.75 Å². The van der Waals surface area contributed by atoms with Crippen LogP contribution in [-0.2, 0) is 11.2 Å². The summed E-state index contributed by atoms with van der Waals surface area (Å²) in [5.41, 5.74) is 1.72. The molecule has 2 rings (SSSR count). The van der Waals surface area contributed by atoms with Gasteiger partial charge in [0.05, 0.1) is 7.11 Å². The Morgan fingerprint density at radius 1 is 1.35 bits per heavy atom. The number of nitrogens with zero attached hydrogens (tertiary/aromatic N) is 1. The number of hydrogen-bond acceptors (Lipinski definition) is 5. The van der Waals surface area contributed by atoms with Crippen LogP contribution in [0.25, 0.3) is 0 Å². The Labute approximate surface area is 138 Å². The fourth-order valence-electron chi connectivity index (χ4n) is 2.11. The number of benzene rings is 1. The lowest BCUT2D eigenvalue weighted by molar-refractivity contribution is -0.116. The first-order chi connectivity index (χ1) is 11.0. The van der Waals surface area contributed by atoms with Crippen LogP contribution < -0.4 is 15.6 Å². The van der Waals surface area contributed by atoms with Gasteiger partial charge in [-0.15, -0.1) is 0 Å². The first-order valence-electron chi connectivity index (χ1n) is 7.11. The third-order valence-corrected chi connectivity index (χ3v) is 3.95. The van der Waals surface area contributed by atoms with Gasteiger partial charge in [0.25, 0.3) is 5.56 Å². The maximum atomic E-state index is 12.0. The molecule has 1 amide bonds. The van der Waals surface area contributed by atoms with E-state index in [0.717, 1.165) is 5.75 Å². The summed E-state index contributed by atoms with van der Waals surface area (Å²) in [7, 11) is 1.59. The SMILES string of the molecule is COc1ccc(NC(=O)CCc2c(C)nc(SC)[nH]c2=O)cc1. The van der Waals surface area contributed by atoms with Crippen molar-refractivity contribution in [3.63, 3.8) is 0 Å². The molecule has 0 saturated carbocycles. The van der Waals surface area contributed by atoms with Crippen LogP contribution in [0.5, 0.6) is 5.75 Å². The highest BCUT2D eigenvalue weighted by molar-refractivity contribution is 7.98. The smallest absolute Gasteiger partial charge is 0.254 e. The van der Waals surface area contributed by atoms with Gasteiger partial charge in [-0.3, -0.25) is 9.59 Å². The predicted molar refractivity (Wildman–Crippen MR) is 91.3 cm³/mol. The van der Waals surface area contributed by atoms with Gasteiger partial charge < -0.3 is 15.0 Å². The van der Waals surface area contributed by atoms with E-state index in [0.29, 0.717) is 28.5 Å². The first-order valence-corrected chi connectivity index (χ1v) is 8.33. The highest BCUT2D eigenvalue weighted by Crippen LogP contribution is 2.15. The molecule has 0 spiro atoms. The minimum absolute atomic E-state index is 0.150. The van der Waals surface area contributed by atoms with Crippen LogP contribution in [0, 0.1) is 6.92 Å². The molecule has 23 heavy (non-hydrogen) atoms. The summed E-state index contributed by atoms with van der Waals surface area (Å²) in [6.45, 7) is 1.78.